The van der Waals surface area contributed by atoms with E-state index in [0.717, 1.165) is 16.1 Å². The van der Waals surface area contributed by atoms with E-state index < -0.39 is 0 Å². The van der Waals surface area contributed by atoms with Gasteiger partial charge in [0, 0.05) is 22.5 Å². The Bertz CT molecular complexity index is 752. The van der Waals surface area contributed by atoms with Crippen molar-refractivity contribution in [2.24, 2.45) is 0 Å². The Balaban J connectivity index is 1.65. The lowest BCUT2D eigenvalue weighted by Crippen LogP contribution is -2.20. The number of rotatable bonds is 3. The van der Waals surface area contributed by atoms with Crippen LogP contribution >= 0.6 is 22.7 Å². The quantitative estimate of drug-likeness (QED) is 0.760. The Kier molecular flexibility index (Phi) is 3.94. The number of pyridine rings is 1. The van der Waals surface area contributed by atoms with Gasteiger partial charge in [0.25, 0.3) is 0 Å². The zero-order valence-electron chi connectivity index (χ0n) is 11.2. The highest BCUT2D eigenvalue weighted by Crippen LogP contribution is 2.27. The molecule has 2 N–H and O–H groups in total. The lowest BCUT2D eigenvalue weighted by molar-refractivity contribution is 0.262. The van der Waals surface area contributed by atoms with Crippen LogP contribution in [-0.2, 0) is 0 Å². The van der Waals surface area contributed by atoms with Gasteiger partial charge in [0.2, 0.25) is 0 Å². The second-order valence-corrected chi connectivity index (χ2v) is 5.99. The summed E-state index contributed by atoms with van der Waals surface area (Å²) in [6, 6.07) is 5.33. The lowest BCUT2D eigenvalue weighted by atomic mass is 10.3. The molecule has 5 nitrogen and oxygen atoms in total. The summed E-state index contributed by atoms with van der Waals surface area (Å²) in [5.41, 5.74) is 2.10. The maximum Gasteiger partial charge on any atom is 0.326 e. The molecule has 3 aromatic heterocycles. The topological polar surface area (TPSA) is 66.9 Å². The van der Waals surface area contributed by atoms with Crippen molar-refractivity contribution < 1.29 is 4.79 Å². The molecule has 0 atom stereocenters. The molecule has 3 aromatic rings. The monoisotopic (exact) mass is 316 g/mol. The summed E-state index contributed by atoms with van der Waals surface area (Å²) in [6.45, 7) is 1.94. The minimum Gasteiger partial charge on any atom is -0.292 e. The summed E-state index contributed by atoms with van der Waals surface area (Å²) < 4.78 is 0. The molecule has 106 valence electrons. The molecule has 0 fully saturated rings. The fourth-order valence-electron chi connectivity index (χ4n) is 1.72. The van der Waals surface area contributed by atoms with Crippen LogP contribution < -0.4 is 10.6 Å². The largest absolute Gasteiger partial charge is 0.326 e. The molecular weight excluding hydrogens is 304 g/mol. The van der Waals surface area contributed by atoms with Crippen LogP contribution in [0.4, 0.5) is 16.4 Å². The predicted octanol–water partition coefficient (Wildman–Crippen LogP) is 4.22. The molecule has 21 heavy (non-hydrogen) atoms. The van der Waals surface area contributed by atoms with E-state index in [1.165, 1.54) is 11.3 Å². The number of amides is 2. The Morgan fingerprint density at radius 3 is 2.81 bits per heavy atom. The summed E-state index contributed by atoms with van der Waals surface area (Å²) in [5, 5.41) is 12.1. The number of nitrogens with zero attached hydrogens (tertiary/aromatic N) is 2. The summed E-state index contributed by atoms with van der Waals surface area (Å²) in [4.78, 5) is 20.4. The third kappa shape index (κ3) is 3.45. The molecule has 0 aliphatic heterocycles. The van der Waals surface area contributed by atoms with Crippen LogP contribution in [0.3, 0.4) is 0 Å². The zero-order valence-corrected chi connectivity index (χ0v) is 12.8. The minimum atomic E-state index is -0.352. The summed E-state index contributed by atoms with van der Waals surface area (Å²) in [7, 11) is 0. The molecule has 0 aliphatic carbocycles. The fourth-order valence-corrected chi connectivity index (χ4v) is 3.18. The number of aryl methyl sites for hydroxylation is 1. The molecule has 0 aromatic carbocycles. The molecule has 3 rings (SSSR count). The number of aromatic nitrogens is 2. The highest BCUT2D eigenvalue weighted by atomic mass is 32.1. The van der Waals surface area contributed by atoms with E-state index in [9.17, 15) is 4.79 Å². The van der Waals surface area contributed by atoms with Crippen LogP contribution in [0, 0.1) is 6.92 Å². The van der Waals surface area contributed by atoms with Crippen LogP contribution in [-0.4, -0.2) is 16.0 Å². The van der Waals surface area contributed by atoms with E-state index in [2.05, 4.69) is 20.6 Å². The Hall–Kier alpha value is -2.25. The van der Waals surface area contributed by atoms with E-state index in [-0.39, 0.29) is 6.03 Å². The van der Waals surface area contributed by atoms with Gasteiger partial charge in [-0.25, -0.2) is 14.8 Å². The van der Waals surface area contributed by atoms with Gasteiger partial charge in [-0.15, -0.1) is 11.3 Å². The third-order valence-electron chi connectivity index (χ3n) is 2.67. The molecule has 7 heteroatoms. The van der Waals surface area contributed by atoms with Gasteiger partial charge in [0.1, 0.15) is 16.6 Å². The number of hydrogen-bond donors (Lipinski definition) is 2. The molecule has 0 bridgehead atoms. The average molecular weight is 316 g/mol. The third-order valence-corrected chi connectivity index (χ3v) is 4.25. The number of thiazole rings is 1. The normalized spacial score (nSPS) is 10.3. The second kappa shape index (κ2) is 6.02. The summed E-state index contributed by atoms with van der Waals surface area (Å²) in [5.74, 6) is 1.05. The zero-order chi connectivity index (χ0) is 14.7. The van der Waals surface area contributed by atoms with Crippen molar-refractivity contribution in [3.63, 3.8) is 0 Å². The number of anilines is 2. The molecule has 0 saturated heterocycles. The van der Waals surface area contributed by atoms with Gasteiger partial charge in [-0.2, -0.15) is 11.3 Å². The van der Waals surface area contributed by atoms with Crippen molar-refractivity contribution in [3.05, 3.63) is 46.1 Å². The maximum atomic E-state index is 11.9. The van der Waals surface area contributed by atoms with Gasteiger partial charge in [0.05, 0.1) is 0 Å². The van der Waals surface area contributed by atoms with Crippen LogP contribution in [0.1, 0.15) is 5.56 Å². The number of thiophene rings is 1. The number of nitrogens with one attached hydrogen (secondary N) is 2. The van der Waals surface area contributed by atoms with Crippen molar-refractivity contribution in [1.29, 1.82) is 0 Å². The van der Waals surface area contributed by atoms with Crippen LogP contribution in [0.15, 0.2) is 40.5 Å². The average Bonchev–Trinajstić information content (AvgIpc) is 3.08. The van der Waals surface area contributed by atoms with Crippen LogP contribution in [0.2, 0.25) is 0 Å². The van der Waals surface area contributed by atoms with Gasteiger partial charge < -0.3 is 0 Å². The van der Waals surface area contributed by atoms with Gasteiger partial charge >= 0.3 is 6.03 Å². The van der Waals surface area contributed by atoms with Crippen molar-refractivity contribution in [3.8, 4) is 10.6 Å². The van der Waals surface area contributed by atoms with Gasteiger partial charge in [-0.1, -0.05) is 0 Å². The minimum absolute atomic E-state index is 0.352. The number of hydrogen-bond acceptors (Lipinski definition) is 5. The molecule has 0 spiro atoms. The predicted molar refractivity (Wildman–Crippen MR) is 87.0 cm³/mol. The van der Waals surface area contributed by atoms with Crippen molar-refractivity contribution in [2.45, 2.75) is 6.92 Å². The lowest BCUT2D eigenvalue weighted by Gasteiger charge is -2.05. The van der Waals surface area contributed by atoms with E-state index in [0.29, 0.717) is 11.6 Å². The Labute approximate surface area is 129 Å². The number of urea groups is 1. The first-order valence-electron chi connectivity index (χ1n) is 6.19. The molecular formula is C14H12N4OS2. The molecule has 2 amide bonds. The fraction of sp³-hybridized carbons (Fsp3) is 0.0714. The number of carbonyl (C=O) groups is 1. The van der Waals surface area contributed by atoms with Crippen LogP contribution in [0.5, 0.6) is 0 Å². The number of carbonyl (C=O) groups excluding carboxylic acids is 1. The second-order valence-electron chi connectivity index (χ2n) is 4.35. The van der Waals surface area contributed by atoms with Crippen LogP contribution in [0.25, 0.3) is 10.6 Å². The van der Waals surface area contributed by atoms with Gasteiger partial charge in [-0.3, -0.25) is 10.6 Å². The SMILES string of the molecule is Cc1ccnc(NC(=O)Nc2csc(-c3ccsc3)n2)c1. The summed E-state index contributed by atoms with van der Waals surface area (Å²) >= 11 is 3.11. The van der Waals surface area contributed by atoms with E-state index in [4.69, 9.17) is 0 Å². The van der Waals surface area contributed by atoms with E-state index >= 15 is 0 Å². The first kappa shape index (κ1) is 13.7. The van der Waals surface area contributed by atoms with Gasteiger partial charge in [-0.05, 0) is 36.1 Å². The Morgan fingerprint density at radius 2 is 2.05 bits per heavy atom. The van der Waals surface area contributed by atoms with Crippen molar-refractivity contribution in [2.75, 3.05) is 10.6 Å². The van der Waals surface area contributed by atoms with E-state index in [1.807, 2.05) is 35.2 Å². The Morgan fingerprint density at radius 1 is 1.19 bits per heavy atom. The molecule has 3 heterocycles. The summed E-state index contributed by atoms with van der Waals surface area (Å²) in [6.07, 6.45) is 1.66. The maximum absolute atomic E-state index is 11.9. The first-order valence-corrected chi connectivity index (χ1v) is 8.02. The molecule has 0 radical (unpaired) electrons. The standard InChI is InChI=1S/C14H12N4OS2/c1-9-2-4-15-11(6-9)17-14(19)18-12-8-21-13(16-12)10-3-5-20-7-10/h2-8H,1H3,(H2,15,17,18,19). The molecule has 0 saturated carbocycles. The van der Waals surface area contributed by atoms with Crippen molar-refractivity contribution in [1.82, 2.24) is 9.97 Å². The smallest absolute Gasteiger partial charge is 0.292 e. The molecule has 0 aliphatic rings. The van der Waals surface area contributed by atoms with E-state index in [1.54, 1.807) is 23.6 Å². The highest BCUT2D eigenvalue weighted by molar-refractivity contribution is 7.14. The molecule has 0 unspecified atom stereocenters. The highest BCUT2D eigenvalue weighted by Gasteiger charge is 2.08. The first-order chi connectivity index (χ1) is 10.2. The van der Waals surface area contributed by atoms with Crippen molar-refractivity contribution >= 4 is 40.3 Å². The van der Waals surface area contributed by atoms with Gasteiger partial charge in [0.15, 0.2) is 0 Å².